The first-order valence-corrected chi connectivity index (χ1v) is 7.79. The Morgan fingerprint density at radius 1 is 1.17 bits per heavy atom. The maximum atomic E-state index is 11.5. The number of ether oxygens (including phenoxy) is 3. The highest BCUT2D eigenvalue weighted by Gasteiger charge is 2.24. The molecule has 23 heavy (non-hydrogen) atoms. The van der Waals surface area contributed by atoms with Crippen LogP contribution in [0.3, 0.4) is 0 Å². The van der Waals surface area contributed by atoms with Crippen molar-refractivity contribution in [2.75, 3.05) is 57.4 Å². The van der Waals surface area contributed by atoms with E-state index in [-0.39, 0.29) is 13.4 Å². The molecule has 1 fully saturated rings. The summed E-state index contributed by atoms with van der Waals surface area (Å²) in [5.74, 6) is 1.51. The zero-order valence-corrected chi connectivity index (χ0v) is 12.9. The summed E-state index contributed by atoms with van der Waals surface area (Å²) in [6.07, 6.45) is 0. The first kappa shape index (κ1) is 17.4. The Hall–Kier alpha value is -1.95. The molecular weight excluding hydrogens is 296 g/mol. The molecule has 1 aromatic carbocycles. The monoisotopic (exact) mass is 322 g/mol. The van der Waals surface area contributed by atoms with Gasteiger partial charge in [-0.2, -0.15) is 0 Å². The lowest BCUT2D eigenvalue weighted by Crippen LogP contribution is -2.48. The van der Waals surface area contributed by atoms with E-state index in [4.69, 9.17) is 14.2 Å². The van der Waals surface area contributed by atoms with Gasteiger partial charge in [0.2, 0.25) is 0 Å². The van der Waals surface area contributed by atoms with Crippen molar-refractivity contribution in [3.8, 4) is 11.5 Å². The van der Waals surface area contributed by atoms with Gasteiger partial charge in [-0.15, -0.1) is 0 Å². The highest BCUT2D eigenvalue weighted by molar-refractivity contribution is 5.71. The van der Waals surface area contributed by atoms with Crippen molar-refractivity contribution in [1.82, 2.24) is 4.90 Å². The molecule has 2 heterocycles. The van der Waals surface area contributed by atoms with Gasteiger partial charge < -0.3 is 19.1 Å². The van der Waals surface area contributed by atoms with E-state index in [1.54, 1.807) is 0 Å². The SMILES string of the molecule is C.CCOC(=O)CN1CCN(c2cccc3c2OCCO3)CC1. The predicted molar refractivity (Wildman–Crippen MR) is 89.4 cm³/mol. The van der Waals surface area contributed by atoms with E-state index in [0.717, 1.165) is 43.4 Å². The fraction of sp³-hybridized carbons (Fsp3) is 0.588. The number of hydrogen-bond donors (Lipinski definition) is 0. The second kappa shape index (κ2) is 8.06. The fourth-order valence-corrected chi connectivity index (χ4v) is 2.84. The molecule has 6 heteroatoms. The zero-order valence-electron chi connectivity index (χ0n) is 12.9. The van der Waals surface area contributed by atoms with Crippen molar-refractivity contribution in [2.24, 2.45) is 0 Å². The molecule has 0 bridgehead atoms. The van der Waals surface area contributed by atoms with E-state index in [9.17, 15) is 4.79 Å². The van der Waals surface area contributed by atoms with E-state index in [1.807, 2.05) is 19.1 Å². The summed E-state index contributed by atoms with van der Waals surface area (Å²) in [6.45, 7) is 7.22. The second-order valence-electron chi connectivity index (χ2n) is 5.37. The number of esters is 1. The maximum Gasteiger partial charge on any atom is 0.320 e. The lowest BCUT2D eigenvalue weighted by Gasteiger charge is -2.36. The molecule has 128 valence electrons. The van der Waals surface area contributed by atoms with Crippen molar-refractivity contribution < 1.29 is 19.0 Å². The standard InChI is InChI=1S/C16H22N2O4.CH4/c1-2-20-15(19)12-17-6-8-18(9-7-17)13-4-3-5-14-16(13)22-11-10-21-14;/h3-5H,2,6-12H2,1H3;1H4. The Bertz CT molecular complexity index is 527. The van der Waals surface area contributed by atoms with Gasteiger partial charge in [0, 0.05) is 26.2 Å². The van der Waals surface area contributed by atoms with Crippen LogP contribution >= 0.6 is 0 Å². The van der Waals surface area contributed by atoms with Gasteiger partial charge >= 0.3 is 5.97 Å². The number of anilines is 1. The molecule has 6 nitrogen and oxygen atoms in total. The summed E-state index contributed by atoms with van der Waals surface area (Å²) < 4.78 is 16.4. The van der Waals surface area contributed by atoms with Gasteiger partial charge in [0.1, 0.15) is 13.2 Å². The van der Waals surface area contributed by atoms with Gasteiger partial charge in [0.25, 0.3) is 0 Å². The number of piperazine rings is 1. The molecule has 3 rings (SSSR count). The van der Waals surface area contributed by atoms with Crippen LogP contribution in [0.25, 0.3) is 0 Å². The van der Waals surface area contributed by atoms with Crippen molar-refractivity contribution in [2.45, 2.75) is 14.4 Å². The fourth-order valence-electron chi connectivity index (χ4n) is 2.84. The average Bonchev–Trinajstić information content (AvgIpc) is 2.55. The van der Waals surface area contributed by atoms with Crippen LogP contribution in [0.5, 0.6) is 11.5 Å². The summed E-state index contributed by atoms with van der Waals surface area (Å²) in [5.41, 5.74) is 1.08. The number of carbonyl (C=O) groups is 1. The van der Waals surface area contributed by atoms with Crippen LogP contribution in [0.15, 0.2) is 18.2 Å². The first-order valence-electron chi connectivity index (χ1n) is 7.79. The molecule has 0 amide bonds. The van der Waals surface area contributed by atoms with Crippen molar-refractivity contribution in [3.63, 3.8) is 0 Å². The Morgan fingerprint density at radius 3 is 2.65 bits per heavy atom. The number of rotatable bonds is 4. The molecule has 0 unspecified atom stereocenters. The Morgan fingerprint density at radius 2 is 1.91 bits per heavy atom. The largest absolute Gasteiger partial charge is 0.486 e. The summed E-state index contributed by atoms with van der Waals surface area (Å²) in [5, 5.41) is 0. The van der Waals surface area contributed by atoms with E-state index >= 15 is 0 Å². The Kier molecular flexibility index (Phi) is 6.10. The molecule has 2 aliphatic rings. The van der Waals surface area contributed by atoms with Crippen molar-refractivity contribution in [3.05, 3.63) is 18.2 Å². The topological polar surface area (TPSA) is 51.2 Å². The molecule has 0 aliphatic carbocycles. The number of benzene rings is 1. The van der Waals surface area contributed by atoms with Gasteiger partial charge in [-0.3, -0.25) is 9.69 Å². The van der Waals surface area contributed by atoms with Gasteiger partial charge in [0.05, 0.1) is 18.8 Å². The van der Waals surface area contributed by atoms with Crippen LogP contribution in [0.1, 0.15) is 14.4 Å². The number of nitrogens with zero attached hydrogens (tertiary/aromatic N) is 2. The van der Waals surface area contributed by atoms with Crippen molar-refractivity contribution >= 4 is 11.7 Å². The normalized spacial score (nSPS) is 17.3. The summed E-state index contributed by atoms with van der Waals surface area (Å²) >= 11 is 0. The smallest absolute Gasteiger partial charge is 0.320 e. The van der Waals surface area contributed by atoms with Crippen LogP contribution in [-0.4, -0.2) is 63.4 Å². The Labute approximate surface area is 137 Å². The van der Waals surface area contributed by atoms with E-state index in [0.29, 0.717) is 26.4 Å². The van der Waals surface area contributed by atoms with E-state index in [2.05, 4.69) is 15.9 Å². The third-order valence-corrected chi connectivity index (χ3v) is 3.92. The van der Waals surface area contributed by atoms with Crippen LogP contribution in [0, 0.1) is 0 Å². The summed E-state index contributed by atoms with van der Waals surface area (Å²) in [6, 6.07) is 6.00. The second-order valence-corrected chi connectivity index (χ2v) is 5.37. The summed E-state index contributed by atoms with van der Waals surface area (Å²) in [7, 11) is 0. The molecule has 0 radical (unpaired) electrons. The molecule has 0 atom stereocenters. The van der Waals surface area contributed by atoms with Crippen LogP contribution in [0.2, 0.25) is 0 Å². The molecule has 0 spiro atoms. The van der Waals surface area contributed by atoms with E-state index < -0.39 is 0 Å². The summed E-state index contributed by atoms with van der Waals surface area (Å²) in [4.78, 5) is 16.0. The molecule has 0 saturated carbocycles. The lowest BCUT2D eigenvalue weighted by atomic mass is 10.2. The van der Waals surface area contributed by atoms with Crippen LogP contribution in [-0.2, 0) is 9.53 Å². The molecule has 2 aliphatic heterocycles. The number of carbonyl (C=O) groups excluding carboxylic acids is 1. The molecule has 0 N–H and O–H groups in total. The highest BCUT2D eigenvalue weighted by atomic mass is 16.6. The first-order chi connectivity index (χ1) is 10.8. The number of para-hydroxylation sites is 1. The van der Waals surface area contributed by atoms with E-state index in [1.165, 1.54) is 0 Å². The minimum Gasteiger partial charge on any atom is -0.486 e. The quantitative estimate of drug-likeness (QED) is 0.788. The van der Waals surface area contributed by atoms with Crippen LogP contribution in [0.4, 0.5) is 5.69 Å². The lowest BCUT2D eigenvalue weighted by molar-refractivity contribution is -0.144. The third-order valence-electron chi connectivity index (χ3n) is 3.92. The predicted octanol–water partition coefficient (Wildman–Crippen LogP) is 1.78. The minimum atomic E-state index is -0.148. The van der Waals surface area contributed by atoms with Gasteiger partial charge in [-0.1, -0.05) is 13.5 Å². The van der Waals surface area contributed by atoms with Crippen molar-refractivity contribution in [1.29, 1.82) is 0 Å². The van der Waals surface area contributed by atoms with Crippen LogP contribution < -0.4 is 14.4 Å². The minimum absolute atomic E-state index is 0. The highest BCUT2D eigenvalue weighted by Crippen LogP contribution is 2.39. The third kappa shape index (κ3) is 4.07. The number of fused-ring (bicyclic) bond motifs is 1. The zero-order chi connectivity index (χ0) is 15.4. The Balaban J connectivity index is 0.00000192. The molecule has 1 saturated heterocycles. The average molecular weight is 322 g/mol. The van der Waals surface area contributed by atoms with Gasteiger partial charge in [0.15, 0.2) is 11.5 Å². The molecule has 1 aromatic rings. The molecular formula is C17H26N2O4. The molecule has 0 aromatic heterocycles. The number of hydrogen-bond acceptors (Lipinski definition) is 6. The van der Waals surface area contributed by atoms with Gasteiger partial charge in [-0.05, 0) is 19.1 Å². The van der Waals surface area contributed by atoms with Gasteiger partial charge in [-0.25, -0.2) is 0 Å². The maximum absolute atomic E-state index is 11.5.